The van der Waals surface area contributed by atoms with Crippen molar-refractivity contribution in [2.24, 2.45) is 11.7 Å². The van der Waals surface area contributed by atoms with Gasteiger partial charge in [-0.2, -0.15) is 0 Å². The number of ether oxygens (including phenoxy) is 2. The summed E-state index contributed by atoms with van der Waals surface area (Å²) in [4.78, 5) is 11.6. The summed E-state index contributed by atoms with van der Waals surface area (Å²) in [6, 6.07) is 0. The molecule has 0 aliphatic carbocycles. The second-order valence-corrected chi connectivity index (χ2v) is 5.55. The first-order chi connectivity index (χ1) is 8.29. The molecule has 0 saturated heterocycles. The van der Waals surface area contributed by atoms with E-state index >= 15 is 0 Å². The van der Waals surface area contributed by atoms with Crippen molar-refractivity contribution < 1.29 is 14.3 Å². The molecule has 4 nitrogen and oxygen atoms in total. The summed E-state index contributed by atoms with van der Waals surface area (Å²) in [5.74, 6) is 0.305. The lowest BCUT2D eigenvalue weighted by atomic mass is 9.97. The van der Waals surface area contributed by atoms with Crippen LogP contribution >= 0.6 is 0 Å². The zero-order valence-corrected chi connectivity index (χ0v) is 12.5. The summed E-state index contributed by atoms with van der Waals surface area (Å²) in [5.41, 5.74) is 5.01. The van der Waals surface area contributed by atoms with Gasteiger partial charge in [-0.3, -0.25) is 4.79 Å². The third-order valence-corrected chi connectivity index (χ3v) is 2.79. The minimum absolute atomic E-state index is 0.261. The van der Waals surface area contributed by atoms with Crippen LogP contribution < -0.4 is 5.73 Å². The van der Waals surface area contributed by atoms with Crippen LogP contribution in [0.2, 0.25) is 0 Å². The Morgan fingerprint density at radius 1 is 1.33 bits per heavy atom. The van der Waals surface area contributed by atoms with Crippen LogP contribution in [0.1, 0.15) is 53.9 Å². The molecule has 108 valence electrons. The molecule has 0 spiro atoms. The maximum absolute atomic E-state index is 11.6. The van der Waals surface area contributed by atoms with Crippen LogP contribution in [-0.4, -0.2) is 30.8 Å². The molecule has 0 aromatic carbocycles. The number of hydrogen-bond acceptors (Lipinski definition) is 4. The highest BCUT2D eigenvalue weighted by atomic mass is 16.5. The first kappa shape index (κ1) is 17.4. The van der Waals surface area contributed by atoms with E-state index in [2.05, 4.69) is 20.8 Å². The number of hydrogen-bond donors (Lipinski definition) is 1. The normalized spacial score (nSPS) is 16.4. The molecule has 0 amide bonds. The van der Waals surface area contributed by atoms with Crippen molar-refractivity contribution in [2.45, 2.75) is 65.5 Å². The van der Waals surface area contributed by atoms with Gasteiger partial charge in [0.25, 0.3) is 0 Å². The summed E-state index contributed by atoms with van der Waals surface area (Å²) in [7, 11) is 0. The van der Waals surface area contributed by atoms with E-state index in [0.717, 1.165) is 12.8 Å². The van der Waals surface area contributed by atoms with E-state index < -0.39 is 5.54 Å². The first-order valence-electron chi connectivity index (χ1n) is 6.87. The van der Waals surface area contributed by atoms with Gasteiger partial charge in [0.05, 0.1) is 12.7 Å². The van der Waals surface area contributed by atoms with Gasteiger partial charge in [0.1, 0.15) is 5.54 Å². The predicted octanol–water partition coefficient (Wildman–Crippen LogP) is 2.50. The van der Waals surface area contributed by atoms with E-state index in [9.17, 15) is 4.79 Å². The molecule has 0 fully saturated rings. The highest BCUT2D eigenvalue weighted by Gasteiger charge is 2.29. The molecular formula is C14H29NO3. The maximum atomic E-state index is 11.6. The molecule has 0 rings (SSSR count). The molecule has 0 aliphatic rings. The molecule has 0 radical (unpaired) electrons. The molecule has 2 N–H and O–H groups in total. The monoisotopic (exact) mass is 259 g/mol. The van der Waals surface area contributed by atoms with Crippen molar-refractivity contribution in [3.8, 4) is 0 Å². The van der Waals surface area contributed by atoms with E-state index in [-0.39, 0.29) is 12.1 Å². The van der Waals surface area contributed by atoms with Crippen LogP contribution in [0.25, 0.3) is 0 Å². The molecule has 2 atom stereocenters. The van der Waals surface area contributed by atoms with E-state index in [4.69, 9.17) is 15.2 Å². The molecule has 18 heavy (non-hydrogen) atoms. The predicted molar refractivity (Wildman–Crippen MR) is 73.3 cm³/mol. The van der Waals surface area contributed by atoms with Crippen molar-refractivity contribution in [3.05, 3.63) is 0 Å². The average molecular weight is 259 g/mol. The van der Waals surface area contributed by atoms with Gasteiger partial charge in [-0.15, -0.1) is 0 Å². The average Bonchev–Trinajstić information content (AvgIpc) is 2.24. The smallest absolute Gasteiger partial charge is 0.325 e. The summed E-state index contributed by atoms with van der Waals surface area (Å²) in [6.45, 7) is 10.9. The van der Waals surface area contributed by atoms with Crippen molar-refractivity contribution >= 4 is 5.97 Å². The molecular weight excluding hydrogens is 230 g/mol. The fraction of sp³-hybridized carbons (Fsp3) is 0.929. The number of nitrogens with two attached hydrogens (primary N) is 1. The van der Waals surface area contributed by atoms with Crippen LogP contribution in [0.5, 0.6) is 0 Å². The fourth-order valence-corrected chi connectivity index (χ4v) is 1.85. The zero-order valence-electron chi connectivity index (χ0n) is 12.5. The number of carbonyl (C=O) groups excluding carboxylic acids is 1. The Labute approximate surface area is 111 Å². The molecule has 0 bridgehead atoms. The van der Waals surface area contributed by atoms with Gasteiger partial charge in [-0.1, -0.05) is 13.8 Å². The van der Waals surface area contributed by atoms with Crippen LogP contribution in [0.4, 0.5) is 0 Å². The minimum Gasteiger partial charge on any atom is -0.465 e. The van der Waals surface area contributed by atoms with Gasteiger partial charge in [0.2, 0.25) is 0 Å². The Hall–Kier alpha value is -0.610. The lowest BCUT2D eigenvalue weighted by molar-refractivity contribution is -0.149. The quantitative estimate of drug-likeness (QED) is 0.510. The Morgan fingerprint density at radius 2 is 1.94 bits per heavy atom. The number of rotatable bonds is 9. The van der Waals surface area contributed by atoms with Crippen molar-refractivity contribution in [3.63, 3.8) is 0 Å². The van der Waals surface area contributed by atoms with E-state index in [1.165, 1.54) is 0 Å². The lowest BCUT2D eigenvalue weighted by Crippen LogP contribution is -2.46. The molecule has 0 aromatic heterocycles. The molecule has 0 saturated carbocycles. The summed E-state index contributed by atoms with van der Waals surface area (Å²) < 4.78 is 10.6. The SMILES string of the molecule is CCOC(=O)C(C)(N)CCCOC(C)CC(C)C. The second kappa shape index (κ2) is 8.48. The van der Waals surface area contributed by atoms with Crippen molar-refractivity contribution in [1.29, 1.82) is 0 Å². The van der Waals surface area contributed by atoms with Gasteiger partial charge in [0.15, 0.2) is 0 Å². The van der Waals surface area contributed by atoms with Crippen LogP contribution in [0, 0.1) is 5.92 Å². The molecule has 4 heteroatoms. The Balaban J connectivity index is 3.79. The van der Waals surface area contributed by atoms with Gasteiger partial charge >= 0.3 is 5.97 Å². The van der Waals surface area contributed by atoms with Gasteiger partial charge in [-0.25, -0.2) is 0 Å². The second-order valence-electron chi connectivity index (χ2n) is 5.55. The van der Waals surface area contributed by atoms with Crippen LogP contribution in [0.15, 0.2) is 0 Å². The van der Waals surface area contributed by atoms with Crippen molar-refractivity contribution in [1.82, 2.24) is 0 Å². The largest absolute Gasteiger partial charge is 0.465 e. The van der Waals surface area contributed by atoms with Crippen molar-refractivity contribution in [2.75, 3.05) is 13.2 Å². The third kappa shape index (κ3) is 7.67. The Kier molecular flexibility index (Phi) is 8.20. The highest BCUT2D eigenvalue weighted by molar-refractivity contribution is 5.79. The Morgan fingerprint density at radius 3 is 2.44 bits per heavy atom. The minimum atomic E-state index is -0.902. The summed E-state index contributed by atoms with van der Waals surface area (Å²) in [5, 5.41) is 0. The number of carbonyl (C=O) groups is 1. The van der Waals surface area contributed by atoms with Crippen LogP contribution in [-0.2, 0) is 14.3 Å². The van der Waals surface area contributed by atoms with Gasteiger partial charge < -0.3 is 15.2 Å². The number of esters is 1. The molecule has 0 heterocycles. The molecule has 2 unspecified atom stereocenters. The highest BCUT2D eigenvalue weighted by Crippen LogP contribution is 2.13. The Bertz CT molecular complexity index is 239. The lowest BCUT2D eigenvalue weighted by Gasteiger charge is -2.22. The topological polar surface area (TPSA) is 61.5 Å². The van der Waals surface area contributed by atoms with Crippen LogP contribution in [0.3, 0.4) is 0 Å². The third-order valence-electron chi connectivity index (χ3n) is 2.79. The van der Waals surface area contributed by atoms with E-state index in [1.54, 1.807) is 13.8 Å². The standard InChI is InChI=1S/C14H29NO3/c1-6-17-13(16)14(5,15)8-7-9-18-12(4)10-11(2)3/h11-12H,6-10,15H2,1-5H3. The zero-order chi connectivity index (χ0) is 14.2. The first-order valence-corrected chi connectivity index (χ1v) is 6.87. The summed E-state index contributed by atoms with van der Waals surface area (Å²) >= 11 is 0. The molecule has 0 aromatic rings. The van der Waals surface area contributed by atoms with E-state index in [0.29, 0.717) is 25.6 Å². The molecule has 0 aliphatic heterocycles. The van der Waals surface area contributed by atoms with Gasteiger partial charge in [0, 0.05) is 6.61 Å². The fourth-order valence-electron chi connectivity index (χ4n) is 1.85. The summed E-state index contributed by atoms with van der Waals surface area (Å²) in [6.07, 6.45) is 2.67. The van der Waals surface area contributed by atoms with E-state index in [1.807, 2.05) is 0 Å². The maximum Gasteiger partial charge on any atom is 0.325 e. The van der Waals surface area contributed by atoms with Gasteiger partial charge in [-0.05, 0) is 46.0 Å².